The van der Waals surface area contributed by atoms with Gasteiger partial charge in [0.2, 0.25) is 0 Å². The van der Waals surface area contributed by atoms with Gasteiger partial charge in [0.1, 0.15) is 24.7 Å². The van der Waals surface area contributed by atoms with Crippen LogP contribution in [-0.2, 0) is 21.0 Å². The zero-order chi connectivity index (χ0) is 17.8. The first-order chi connectivity index (χ1) is 12.0. The van der Waals surface area contributed by atoms with Crippen LogP contribution in [0.1, 0.15) is 34.6 Å². The number of oxime groups is 1. The van der Waals surface area contributed by atoms with Crippen LogP contribution in [0, 0.1) is 0 Å². The number of primary amides is 1. The number of nitrogens with two attached hydrogens (primary N) is 1. The Bertz CT molecular complexity index is 815. The number of hydrogen-bond donors (Lipinski definition) is 2. The number of benzene rings is 1. The number of esters is 1. The summed E-state index contributed by atoms with van der Waals surface area (Å²) in [5.41, 5.74) is 6.71. The lowest BCUT2D eigenvalue weighted by Crippen LogP contribution is -2.20. The van der Waals surface area contributed by atoms with Crippen LogP contribution in [0.25, 0.3) is 0 Å². The summed E-state index contributed by atoms with van der Waals surface area (Å²) in [6.45, 7) is -0.274. The van der Waals surface area contributed by atoms with Crippen molar-refractivity contribution in [1.29, 1.82) is 0 Å². The van der Waals surface area contributed by atoms with Gasteiger partial charge in [-0.2, -0.15) is 4.73 Å². The van der Waals surface area contributed by atoms with Gasteiger partial charge in [-0.05, 0) is 5.56 Å². The molecule has 0 radical (unpaired) electrons. The Morgan fingerprint density at radius 2 is 2.12 bits per heavy atom. The van der Waals surface area contributed by atoms with E-state index in [0.717, 1.165) is 17.6 Å². The van der Waals surface area contributed by atoms with Gasteiger partial charge in [0.05, 0.1) is 12.1 Å². The summed E-state index contributed by atoms with van der Waals surface area (Å²) in [7, 11) is 0. The molecule has 1 atom stereocenters. The zero-order valence-electron chi connectivity index (χ0n) is 13.2. The Morgan fingerprint density at radius 1 is 1.36 bits per heavy atom. The molecule has 0 spiro atoms. The number of carbonyl (C=O) groups is 2. The highest BCUT2D eigenvalue weighted by molar-refractivity contribution is 6.01. The van der Waals surface area contributed by atoms with E-state index in [4.69, 9.17) is 15.3 Å². The molecule has 1 aromatic carbocycles. The van der Waals surface area contributed by atoms with Gasteiger partial charge in [-0.1, -0.05) is 35.5 Å². The van der Waals surface area contributed by atoms with Crippen molar-refractivity contribution in [2.24, 2.45) is 10.9 Å². The van der Waals surface area contributed by atoms with E-state index in [0.29, 0.717) is 11.2 Å². The molecule has 1 amide bonds. The Kier molecular flexibility index (Phi) is 4.64. The van der Waals surface area contributed by atoms with Crippen molar-refractivity contribution in [3.63, 3.8) is 0 Å². The van der Waals surface area contributed by atoms with Gasteiger partial charge in [0.15, 0.2) is 5.69 Å². The number of rotatable bonds is 6. The predicted molar refractivity (Wildman–Crippen MR) is 84.8 cm³/mol. The van der Waals surface area contributed by atoms with E-state index in [1.165, 1.54) is 0 Å². The molecule has 9 heteroatoms. The SMILES string of the molecule is NC(=O)c1c(COC(=O)CC2CC(c3ccccc3)=NO2)ncn1O. The van der Waals surface area contributed by atoms with Crippen molar-refractivity contribution in [3.05, 3.63) is 53.6 Å². The van der Waals surface area contributed by atoms with Crippen LogP contribution in [0.3, 0.4) is 0 Å². The molecule has 2 aromatic rings. The minimum Gasteiger partial charge on any atom is -0.459 e. The van der Waals surface area contributed by atoms with E-state index < -0.39 is 18.0 Å². The van der Waals surface area contributed by atoms with Crippen molar-refractivity contribution in [1.82, 2.24) is 9.71 Å². The van der Waals surface area contributed by atoms with Gasteiger partial charge >= 0.3 is 5.97 Å². The normalized spacial score (nSPS) is 16.2. The quantitative estimate of drug-likeness (QED) is 0.590. The van der Waals surface area contributed by atoms with E-state index >= 15 is 0 Å². The average molecular weight is 344 g/mol. The van der Waals surface area contributed by atoms with Crippen molar-refractivity contribution < 1.29 is 24.4 Å². The van der Waals surface area contributed by atoms with E-state index in [1.807, 2.05) is 30.3 Å². The number of imidazole rings is 1. The molecule has 0 bridgehead atoms. The topological polar surface area (TPSA) is 129 Å². The van der Waals surface area contributed by atoms with Crippen LogP contribution in [0.15, 0.2) is 41.8 Å². The first kappa shape index (κ1) is 16.5. The van der Waals surface area contributed by atoms with Gasteiger partial charge in [-0.3, -0.25) is 9.59 Å². The first-order valence-electron chi connectivity index (χ1n) is 7.53. The second-order valence-corrected chi connectivity index (χ2v) is 5.45. The Morgan fingerprint density at radius 3 is 2.84 bits per heavy atom. The number of carbonyl (C=O) groups excluding carboxylic acids is 2. The third-order valence-electron chi connectivity index (χ3n) is 3.66. The number of hydrogen-bond acceptors (Lipinski definition) is 7. The maximum atomic E-state index is 11.9. The molecule has 0 saturated carbocycles. The highest BCUT2D eigenvalue weighted by Crippen LogP contribution is 2.19. The fourth-order valence-corrected chi connectivity index (χ4v) is 2.47. The fourth-order valence-electron chi connectivity index (χ4n) is 2.47. The van der Waals surface area contributed by atoms with Crippen molar-refractivity contribution in [2.75, 3.05) is 0 Å². The van der Waals surface area contributed by atoms with E-state index in [-0.39, 0.29) is 24.4 Å². The molecule has 0 saturated heterocycles. The summed E-state index contributed by atoms with van der Waals surface area (Å²) < 4.78 is 5.56. The molecule has 130 valence electrons. The average Bonchev–Trinajstić information content (AvgIpc) is 3.20. The van der Waals surface area contributed by atoms with Crippen LogP contribution in [-0.4, -0.2) is 38.6 Å². The zero-order valence-corrected chi connectivity index (χ0v) is 13.2. The largest absolute Gasteiger partial charge is 0.459 e. The van der Waals surface area contributed by atoms with Gasteiger partial charge in [-0.25, -0.2) is 4.98 Å². The maximum absolute atomic E-state index is 11.9. The fraction of sp³-hybridized carbons (Fsp3) is 0.250. The summed E-state index contributed by atoms with van der Waals surface area (Å²) in [6, 6.07) is 9.54. The molecule has 2 heterocycles. The van der Waals surface area contributed by atoms with Crippen LogP contribution in [0.4, 0.5) is 0 Å². The lowest BCUT2D eigenvalue weighted by molar-refractivity contribution is -0.147. The monoisotopic (exact) mass is 344 g/mol. The minimum absolute atomic E-state index is 0.00553. The van der Waals surface area contributed by atoms with Crippen LogP contribution in [0.2, 0.25) is 0 Å². The van der Waals surface area contributed by atoms with Crippen molar-refractivity contribution in [3.8, 4) is 0 Å². The molecule has 3 N–H and O–H groups in total. The molecule has 1 aromatic heterocycles. The van der Waals surface area contributed by atoms with E-state index in [2.05, 4.69) is 10.1 Å². The molecule has 3 rings (SSSR count). The summed E-state index contributed by atoms with van der Waals surface area (Å²) >= 11 is 0. The summed E-state index contributed by atoms with van der Waals surface area (Å²) in [5, 5.41) is 13.4. The number of aromatic nitrogens is 2. The molecule has 1 aliphatic rings. The highest BCUT2D eigenvalue weighted by atomic mass is 16.6. The van der Waals surface area contributed by atoms with Crippen LogP contribution < -0.4 is 5.73 Å². The van der Waals surface area contributed by atoms with Gasteiger partial charge < -0.3 is 20.5 Å². The first-order valence-corrected chi connectivity index (χ1v) is 7.53. The van der Waals surface area contributed by atoms with E-state index in [9.17, 15) is 14.8 Å². The van der Waals surface area contributed by atoms with Gasteiger partial charge in [0, 0.05) is 6.42 Å². The second kappa shape index (κ2) is 7.04. The molecule has 0 aliphatic carbocycles. The summed E-state index contributed by atoms with van der Waals surface area (Å²) in [4.78, 5) is 32.2. The molecular formula is C16H16N4O5. The van der Waals surface area contributed by atoms with Crippen molar-refractivity contribution in [2.45, 2.75) is 25.6 Å². The van der Waals surface area contributed by atoms with Crippen LogP contribution >= 0.6 is 0 Å². The third-order valence-corrected chi connectivity index (χ3v) is 3.66. The smallest absolute Gasteiger partial charge is 0.310 e. The lowest BCUT2D eigenvalue weighted by Gasteiger charge is -2.08. The molecule has 1 unspecified atom stereocenters. The van der Waals surface area contributed by atoms with Gasteiger partial charge in [-0.15, -0.1) is 0 Å². The Balaban J connectivity index is 1.51. The molecule has 1 aliphatic heterocycles. The van der Waals surface area contributed by atoms with Crippen molar-refractivity contribution >= 4 is 17.6 Å². The Labute approximate surface area is 142 Å². The van der Waals surface area contributed by atoms with Crippen LogP contribution in [0.5, 0.6) is 0 Å². The molecular weight excluding hydrogens is 328 g/mol. The number of nitrogens with zero attached hydrogens (tertiary/aromatic N) is 3. The third kappa shape index (κ3) is 3.77. The maximum Gasteiger partial charge on any atom is 0.310 e. The highest BCUT2D eigenvalue weighted by Gasteiger charge is 2.26. The summed E-state index contributed by atoms with van der Waals surface area (Å²) in [5.74, 6) is -1.40. The number of amides is 1. The summed E-state index contributed by atoms with van der Waals surface area (Å²) in [6.07, 6.45) is 1.10. The number of ether oxygens (including phenoxy) is 1. The second-order valence-electron chi connectivity index (χ2n) is 5.45. The predicted octanol–water partition coefficient (Wildman–Crippen LogP) is 0.846. The van der Waals surface area contributed by atoms with Gasteiger partial charge in [0.25, 0.3) is 5.91 Å². The standard InChI is InChI=1S/C16H16N4O5/c17-16(22)15-13(18-9-20(15)23)8-24-14(21)7-11-6-12(19-25-11)10-4-2-1-3-5-10/h1-5,9,11,23H,6-8H2,(H2,17,22). The molecule has 9 nitrogen and oxygen atoms in total. The molecule has 25 heavy (non-hydrogen) atoms. The minimum atomic E-state index is -0.869. The molecule has 0 fully saturated rings. The Hall–Kier alpha value is -3.36. The lowest BCUT2D eigenvalue weighted by atomic mass is 10.0. The van der Waals surface area contributed by atoms with E-state index in [1.54, 1.807) is 0 Å².